The van der Waals surface area contributed by atoms with Gasteiger partial charge in [-0.3, -0.25) is 10.1 Å². The summed E-state index contributed by atoms with van der Waals surface area (Å²) in [4.78, 5) is 23.9. The third-order valence-electron chi connectivity index (χ3n) is 2.83. The molecule has 0 bridgehead atoms. The van der Waals surface area contributed by atoms with Crippen molar-refractivity contribution in [2.24, 2.45) is 0 Å². The van der Waals surface area contributed by atoms with Crippen molar-refractivity contribution < 1.29 is 14.5 Å². The van der Waals surface area contributed by atoms with E-state index in [0.29, 0.717) is 6.54 Å². The second kappa shape index (κ2) is 9.28. The van der Waals surface area contributed by atoms with Crippen LogP contribution in [0.4, 0.5) is 5.69 Å². The standard InChI is InChI=1S/C13H18N2O4.ClH/c1-3-14(4-2)8-9-19-13(16)11-6-5-7-12(10-11)15(17)18;/h5-7,10H,3-4,8-9H2,1-2H3;1H. The molecule has 0 saturated carbocycles. The predicted molar refractivity (Wildman–Crippen MR) is 78.4 cm³/mol. The summed E-state index contributed by atoms with van der Waals surface area (Å²) in [5, 5.41) is 10.6. The normalized spacial score (nSPS) is 9.95. The second-order valence-electron chi connectivity index (χ2n) is 3.97. The minimum atomic E-state index is -0.535. The highest BCUT2D eigenvalue weighted by atomic mass is 35.5. The van der Waals surface area contributed by atoms with Crippen molar-refractivity contribution in [1.29, 1.82) is 0 Å². The number of halogens is 1. The second-order valence-corrected chi connectivity index (χ2v) is 3.97. The maximum Gasteiger partial charge on any atom is 0.338 e. The first-order valence-corrected chi connectivity index (χ1v) is 6.22. The van der Waals surface area contributed by atoms with Gasteiger partial charge in [0.15, 0.2) is 0 Å². The first-order valence-electron chi connectivity index (χ1n) is 6.22. The van der Waals surface area contributed by atoms with Gasteiger partial charge >= 0.3 is 5.97 Å². The molecular formula is C13H19ClN2O4. The van der Waals surface area contributed by atoms with Crippen LogP contribution in [0.1, 0.15) is 24.2 Å². The molecule has 20 heavy (non-hydrogen) atoms. The number of nitro groups is 1. The maximum atomic E-state index is 11.7. The van der Waals surface area contributed by atoms with Gasteiger partial charge in [-0.2, -0.15) is 0 Å². The molecule has 0 atom stereocenters. The minimum absolute atomic E-state index is 0. The van der Waals surface area contributed by atoms with E-state index < -0.39 is 10.9 Å². The van der Waals surface area contributed by atoms with Crippen LogP contribution < -0.4 is 0 Å². The van der Waals surface area contributed by atoms with Gasteiger partial charge in [-0.05, 0) is 19.2 Å². The van der Waals surface area contributed by atoms with Crippen molar-refractivity contribution in [2.45, 2.75) is 13.8 Å². The van der Waals surface area contributed by atoms with Crippen molar-refractivity contribution in [3.63, 3.8) is 0 Å². The highest BCUT2D eigenvalue weighted by molar-refractivity contribution is 5.90. The molecule has 112 valence electrons. The van der Waals surface area contributed by atoms with Crippen LogP contribution in [0, 0.1) is 10.1 Å². The molecule has 0 unspecified atom stereocenters. The van der Waals surface area contributed by atoms with Crippen molar-refractivity contribution in [3.05, 3.63) is 39.9 Å². The van der Waals surface area contributed by atoms with E-state index in [-0.39, 0.29) is 30.3 Å². The SMILES string of the molecule is CCN(CC)CCOC(=O)c1cccc([N+](=O)[O-])c1.Cl. The van der Waals surface area contributed by atoms with Crippen LogP contribution in [-0.2, 0) is 4.74 Å². The van der Waals surface area contributed by atoms with Gasteiger partial charge in [0.2, 0.25) is 0 Å². The molecule has 0 aromatic heterocycles. The molecule has 1 aromatic rings. The quantitative estimate of drug-likeness (QED) is 0.439. The maximum absolute atomic E-state index is 11.7. The molecule has 6 nitrogen and oxygen atoms in total. The minimum Gasteiger partial charge on any atom is -0.461 e. The molecule has 1 aromatic carbocycles. The predicted octanol–water partition coefficient (Wildman–Crippen LogP) is 2.52. The van der Waals surface area contributed by atoms with E-state index in [0.717, 1.165) is 13.1 Å². The zero-order valence-corrected chi connectivity index (χ0v) is 12.4. The van der Waals surface area contributed by atoms with Gasteiger partial charge in [-0.1, -0.05) is 19.9 Å². The number of hydrogen-bond donors (Lipinski definition) is 0. The summed E-state index contributed by atoms with van der Waals surface area (Å²) in [6.07, 6.45) is 0. The molecule has 0 radical (unpaired) electrons. The number of esters is 1. The number of benzene rings is 1. The molecule has 0 heterocycles. The van der Waals surface area contributed by atoms with Crippen LogP contribution in [-0.4, -0.2) is 42.0 Å². The van der Waals surface area contributed by atoms with E-state index in [1.54, 1.807) is 0 Å². The van der Waals surface area contributed by atoms with Gasteiger partial charge in [0, 0.05) is 18.7 Å². The fourth-order valence-electron chi connectivity index (χ4n) is 1.64. The Morgan fingerprint density at radius 3 is 2.55 bits per heavy atom. The topological polar surface area (TPSA) is 72.7 Å². The van der Waals surface area contributed by atoms with Crippen LogP contribution >= 0.6 is 12.4 Å². The molecule has 0 aliphatic heterocycles. The zero-order valence-electron chi connectivity index (χ0n) is 11.6. The number of carbonyl (C=O) groups excluding carboxylic acids is 1. The van der Waals surface area contributed by atoms with Crippen molar-refractivity contribution in [3.8, 4) is 0 Å². The highest BCUT2D eigenvalue weighted by Crippen LogP contribution is 2.13. The number of hydrogen-bond acceptors (Lipinski definition) is 5. The number of nitro benzene ring substituents is 1. The Morgan fingerprint density at radius 2 is 2.00 bits per heavy atom. The molecule has 0 N–H and O–H groups in total. The Kier molecular flexibility index (Phi) is 8.51. The average molecular weight is 303 g/mol. The van der Waals surface area contributed by atoms with Crippen molar-refractivity contribution >= 4 is 24.1 Å². The van der Waals surface area contributed by atoms with Crippen LogP contribution in [0.15, 0.2) is 24.3 Å². The van der Waals surface area contributed by atoms with Crippen LogP contribution in [0.25, 0.3) is 0 Å². The lowest BCUT2D eigenvalue weighted by molar-refractivity contribution is -0.384. The van der Waals surface area contributed by atoms with Gasteiger partial charge in [0.25, 0.3) is 5.69 Å². The molecule has 0 fully saturated rings. The number of carbonyl (C=O) groups is 1. The molecule has 7 heteroatoms. The van der Waals surface area contributed by atoms with Crippen molar-refractivity contribution in [1.82, 2.24) is 4.90 Å². The van der Waals surface area contributed by atoms with Crippen molar-refractivity contribution in [2.75, 3.05) is 26.2 Å². The monoisotopic (exact) mass is 302 g/mol. The number of nitrogens with zero attached hydrogens (tertiary/aromatic N) is 2. The van der Waals surface area contributed by atoms with Gasteiger partial charge in [0.1, 0.15) is 6.61 Å². The van der Waals surface area contributed by atoms with Gasteiger partial charge in [0.05, 0.1) is 10.5 Å². The van der Waals surface area contributed by atoms with E-state index >= 15 is 0 Å². The Labute approximate surface area is 124 Å². The summed E-state index contributed by atoms with van der Waals surface area (Å²) < 4.78 is 5.09. The van der Waals surface area contributed by atoms with Gasteiger partial charge in [-0.15, -0.1) is 12.4 Å². The summed E-state index contributed by atoms with van der Waals surface area (Å²) >= 11 is 0. The number of likely N-dealkylation sites (N-methyl/N-ethyl adjacent to an activating group) is 1. The number of ether oxygens (including phenoxy) is 1. The molecule has 0 aliphatic rings. The molecule has 0 spiro atoms. The van der Waals surface area contributed by atoms with E-state index in [9.17, 15) is 14.9 Å². The van der Waals surface area contributed by atoms with E-state index in [1.165, 1.54) is 24.3 Å². The fourth-order valence-corrected chi connectivity index (χ4v) is 1.64. The average Bonchev–Trinajstić information content (AvgIpc) is 2.43. The Balaban J connectivity index is 0.00000361. The summed E-state index contributed by atoms with van der Waals surface area (Å²) in [6, 6.07) is 5.54. The van der Waals surface area contributed by atoms with E-state index in [4.69, 9.17) is 4.74 Å². The third-order valence-corrected chi connectivity index (χ3v) is 2.83. The van der Waals surface area contributed by atoms with Gasteiger partial charge in [-0.25, -0.2) is 4.79 Å². The summed E-state index contributed by atoms with van der Waals surface area (Å²) in [7, 11) is 0. The van der Waals surface area contributed by atoms with E-state index in [2.05, 4.69) is 4.90 Å². The zero-order chi connectivity index (χ0) is 14.3. The molecule has 0 saturated heterocycles. The molecule has 0 aliphatic carbocycles. The summed E-state index contributed by atoms with van der Waals surface area (Å²) in [5.41, 5.74) is 0.0898. The summed E-state index contributed by atoms with van der Waals surface area (Å²) in [5.74, 6) is -0.532. The van der Waals surface area contributed by atoms with Crippen LogP contribution in [0.5, 0.6) is 0 Å². The largest absolute Gasteiger partial charge is 0.461 e. The van der Waals surface area contributed by atoms with E-state index in [1.807, 2.05) is 13.8 Å². The van der Waals surface area contributed by atoms with Gasteiger partial charge < -0.3 is 9.64 Å². The lowest BCUT2D eigenvalue weighted by Crippen LogP contribution is -2.27. The number of rotatable bonds is 7. The first kappa shape index (κ1) is 18.3. The Morgan fingerprint density at radius 1 is 1.35 bits per heavy atom. The Bertz CT molecular complexity index is 450. The smallest absolute Gasteiger partial charge is 0.338 e. The lowest BCUT2D eigenvalue weighted by Gasteiger charge is -2.17. The summed E-state index contributed by atoms with van der Waals surface area (Å²) in [6.45, 7) is 6.80. The first-order chi connectivity index (χ1) is 9.08. The highest BCUT2D eigenvalue weighted by Gasteiger charge is 2.12. The van der Waals surface area contributed by atoms with Crippen LogP contribution in [0.2, 0.25) is 0 Å². The third kappa shape index (κ3) is 5.54. The molecule has 0 amide bonds. The lowest BCUT2D eigenvalue weighted by atomic mass is 10.2. The van der Waals surface area contributed by atoms with Crippen LogP contribution in [0.3, 0.4) is 0 Å². The molecule has 1 rings (SSSR count). The molecular weight excluding hydrogens is 284 g/mol. The Hall–Kier alpha value is -1.66. The fraction of sp³-hybridized carbons (Fsp3) is 0.462. The number of non-ortho nitro benzene ring substituents is 1.